The first-order valence-electron chi connectivity index (χ1n) is 9.65. The maximum absolute atomic E-state index is 11.1. The molecular formula is C21H23ClN4O6. The van der Waals surface area contributed by atoms with Crippen LogP contribution in [0.1, 0.15) is 19.4 Å². The molecule has 11 heteroatoms. The number of non-ortho nitro benzene ring substituents is 1. The number of nitro benzene ring substituents is 1. The normalized spacial score (nSPS) is 10.8. The highest BCUT2D eigenvalue weighted by Gasteiger charge is 2.11. The number of aryl methyl sites for hydroxylation is 1. The number of carbonyl (C=O) groups excluding carboxylic acids is 2. The summed E-state index contributed by atoms with van der Waals surface area (Å²) in [6.45, 7) is 5.74. The summed E-state index contributed by atoms with van der Waals surface area (Å²) in [7, 11) is 0. The number of benzene rings is 2. The van der Waals surface area contributed by atoms with Crippen molar-refractivity contribution < 1.29 is 24.0 Å². The average molecular weight is 463 g/mol. The van der Waals surface area contributed by atoms with Crippen LogP contribution in [-0.4, -0.2) is 43.2 Å². The van der Waals surface area contributed by atoms with Crippen molar-refractivity contribution in [3.8, 4) is 0 Å². The minimum absolute atomic E-state index is 0.124. The van der Waals surface area contributed by atoms with Crippen LogP contribution in [0, 0.1) is 17.0 Å². The van der Waals surface area contributed by atoms with Gasteiger partial charge in [0.25, 0.3) is 5.69 Å². The number of nitro groups is 1. The zero-order valence-corrected chi connectivity index (χ0v) is 18.7. The number of azo groups is 1. The molecule has 170 valence electrons. The lowest BCUT2D eigenvalue weighted by Crippen LogP contribution is -2.31. The van der Waals surface area contributed by atoms with E-state index in [1.165, 1.54) is 32.0 Å². The van der Waals surface area contributed by atoms with Crippen molar-refractivity contribution in [2.45, 2.75) is 20.8 Å². The minimum Gasteiger partial charge on any atom is -0.464 e. The highest BCUT2D eigenvalue weighted by Crippen LogP contribution is 2.32. The Labute approximate surface area is 189 Å². The molecule has 0 aromatic heterocycles. The third-order valence-electron chi connectivity index (χ3n) is 4.29. The van der Waals surface area contributed by atoms with Crippen LogP contribution in [0.5, 0.6) is 0 Å². The van der Waals surface area contributed by atoms with Crippen molar-refractivity contribution in [1.29, 1.82) is 0 Å². The van der Waals surface area contributed by atoms with E-state index in [2.05, 4.69) is 10.2 Å². The first kappa shape index (κ1) is 24.7. The molecule has 10 nitrogen and oxygen atoms in total. The second-order valence-electron chi connectivity index (χ2n) is 6.73. The number of esters is 2. The summed E-state index contributed by atoms with van der Waals surface area (Å²) in [4.78, 5) is 34.3. The Kier molecular flexibility index (Phi) is 9.08. The van der Waals surface area contributed by atoms with E-state index in [0.29, 0.717) is 24.5 Å². The standard InChI is InChI=1S/C21H23ClN4O6/c1-14-12-17(25(8-10-31-15(2)27)9-11-32-16(3)28)4-6-20(14)23-24-21-7-5-18(26(29)30)13-19(21)22/h4-7,12-13H,8-11H2,1-3H3. The second-order valence-corrected chi connectivity index (χ2v) is 7.14. The van der Waals surface area contributed by atoms with E-state index in [4.69, 9.17) is 21.1 Å². The molecule has 0 fully saturated rings. The predicted molar refractivity (Wildman–Crippen MR) is 119 cm³/mol. The SMILES string of the molecule is CC(=O)OCCN(CCOC(C)=O)c1ccc(N=Nc2ccc([N+](=O)[O-])cc2Cl)c(C)c1. The van der Waals surface area contributed by atoms with Gasteiger partial charge in [0.15, 0.2) is 0 Å². The molecule has 0 aliphatic carbocycles. The quantitative estimate of drug-likeness (QED) is 0.213. The number of rotatable bonds is 10. The highest BCUT2D eigenvalue weighted by atomic mass is 35.5. The van der Waals surface area contributed by atoms with Gasteiger partial charge < -0.3 is 14.4 Å². The Balaban J connectivity index is 2.17. The Morgan fingerprint density at radius 2 is 1.56 bits per heavy atom. The van der Waals surface area contributed by atoms with E-state index < -0.39 is 4.92 Å². The zero-order valence-electron chi connectivity index (χ0n) is 17.9. The van der Waals surface area contributed by atoms with Crippen LogP contribution >= 0.6 is 11.6 Å². The van der Waals surface area contributed by atoms with Crippen molar-refractivity contribution >= 4 is 46.3 Å². The lowest BCUT2D eigenvalue weighted by Gasteiger charge is -2.25. The van der Waals surface area contributed by atoms with E-state index in [1.54, 1.807) is 6.07 Å². The lowest BCUT2D eigenvalue weighted by atomic mass is 10.1. The van der Waals surface area contributed by atoms with Crippen LogP contribution in [0.3, 0.4) is 0 Å². The van der Waals surface area contributed by atoms with E-state index in [1.807, 2.05) is 24.0 Å². The Morgan fingerprint density at radius 1 is 1.00 bits per heavy atom. The number of hydrogen-bond acceptors (Lipinski definition) is 9. The van der Waals surface area contributed by atoms with E-state index in [9.17, 15) is 19.7 Å². The summed E-state index contributed by atoms with van der Waals surface area (Å²) in [5.74, 6) is -0.747. The fraction of sp³-hybridized carbons (Fsp3) is 0.333. The summed E-state index contributed by atoms with van der Waals surface area (Å²) < 4.78 is 10.0. The fourth-order valence-corrected chi connectivity index (χ4v) is 2.93. The zero-order chi connectivity index (χ0) is 23.7. The van der Waals surface area contributed by atoms with Gasteiger partial charge in [0.05, 0.1) is 28.7 Å². The molecule has 0 saturated carbocycles. The molecule has 2 aromatic carbocycles. The molecule has 0 radical (unpaired) electrons. The predicted octanol–water partition coefficient (Wildman–Crippen LogP) is 4.90. The van der Waals surface area contributed by atoms with Crippen molar-refractivity contribution in [2.24, 2.45) is 10.2 Å². The van der Waals surface area contributed by atoms with Crippen LogP contribution in [-0.2, 0) is 19.1 Å². The van der Waals surface area contributed by atoms with Gasteiger partial charge in [0.1, 0.15) is 18.9 Å². The lowest BCUT2D eigenvalue weighted by molar-refractivity contribution is -0.384. The maximum atomic E-state index is 11.1. The van der Waals surface area contributed by atoms with Crippen molar-refractivity contribution in [1.82, 2.24) is 0 Å². The Bertz CT molecular complexity index is 1010. The molecule has 0 saturated heterocycles. The monoisotopic (exact) mass is 462 g/mol. The van der Waals surface area contributed by atoms with Gasteiger partial charge in [-0.2, -0.15) is 5.11 Å². The summed E-state index contributed by atoms with van der Waals surface area (Å²) in [6.07, 6.45) is 0. The van der Waals surface area contributed by atoms with Gasteiger partial charge >= 0.3 is 11.9 Å². The van der Waals surface area contributed by atoms with Gasteiger partial charge in [-0.3, -0.25) is 19.7 Å². The number of halogens is 1. The molecule has 0 heterocycles. The third-order valence-corrected chi connectivity index (χ3v) is 4.59. The first-order valence-corrected chi connectivity index (χ1v) is 10.0. The van der Waals surface area contributed by atoms with Gasteiger partial charge in [-0.05, 0) is 36.8 Å². The van der Waals surface area contributed by atoms with Crippen LogP contribution in [0.4, 0.5) is 22.7 Å². The number of ether oxygens (including phenoxy) is 2. The first-order chi connectivity index (χ1) is 15.2. The molecule has 0 spiro atoms. The second kappa shape index (κ2) is 11.8. The van der Waals surface area contributed by atoms with E-state index in [-0.39, 0.29) is 35.9 Å². The van der Waals surface area contributed by atoms with Gasteiger partial charge in [-0.25, -0.2) is 0 Å². The Hall–Kier alpha value is -3.53. The minimum atomic E-state index is -0.537. The van der Waals surface area contributed by atoms with Crippen LogP contribution in [0.25, 0.3) is 0 Å². The molecule has 0 bridgehead atoms. The summed E-state index contributed by atoms with van der Waals surface area (Å²) in [5, 5.41) is 19.2. The van der Waals surface area contributed by atoms with Crippen LogP contribution < -0.4 is 4.90 Å². The van der Waals surface area contributed by atoms with Crippen molar-refractivity contribution in [2.75, 3.05) is 31.2 Å². The molecule has 0 unspecified atom stereocenters. The third kappa shape index (κ3) is 7.62. The molecule has 2 rings (SSSR count). The van der Waals surface area contributed by atoms with Crippen LogP contribution in [0.15, 0.2) is 46.6 Å². The molecule has 0 N–H and O–H groups in total. The van der Waals surface area contributed by atoms with Crippen molar-refractivity contribution in [3.05, 3.63) is 57.1 Å². The summed E-state index contributed by atoms with van der Waals surface area (Å²) in [5.41, 5.74) is 2.41. The molecule has 0 aliphatic heterocycles. The summed E-state index contributed by atoms with van der Waals surface area (Å²) >= 11 is 6.05. The molecule has 0 amide bonds. The molecule has 0 aliphatic rings. The van der Waals surface area contributed by atoms with Crippen molar-refractivity contribution in [3.63, 3.8) is 0 Å². The van der Waals surface area contributed by atoms with Gasteiger partial charge in [-0.15, -0.1) is 5.11 Å². The number of nitrogens with zero attached hydrogens (tertiary/aromatic N) is 4. The topological polar surface area (TPSA) is 124 Å². The largest absolute Gasteiger partial charge is 0.464 e. The smallest absolute Gasteiger partial charge is 0.302 e. The van der Waals surface area contributed by atoms with Gasteiger partial charge in [-0.1, -0.05) is 11.6 Å². The van der Waals surface area contributed by atoms with Crippen LogP contribution in [0.2, 0.25) is 5.02 Å². The maximum Gasteiger partial charge on any atom is 0.302 e. The fourth-order valence-electron chi connectivity index (χ4n) is 2.72. The molecule has 32 heavy (non-hydrogen) atoms. The average Bonchev–Trinajstić information content (AvgIpc) is 2.72. The summed E-state index contributed by atoms with van der Waals surface area (Å²) in [6, 6.07) is 9.42. The Morgan fingerprint density at radius 3 is 2.06 bits per heavy atom. The molecule has 2 aromatic rings. The number of anilines is 1. The molecule has 0 atom stereocenters. The highest BCUT2D eigenvalue weighted by molar-refractivity contribution is 6.33. The number of carbonyl (C=O) groups is 2. The van der Waals surface area contributed by atoms with E-state index in [0.717, 1.165) is 11.3 Å². The molecular weight excluding hydrogens is 440 g/mol. The van der Waals surface area contributed by atoms with Gasteiger partial charge in [0, 0.05) is 31.7 Å². The van der Waals surface area contributed by atoms with Gasteiger partial charge in [0.2, 0.25) is 0 Å². The van der Waals surface area contributed by atoms with E-state index >= 15 is 0 Å². The number of hydrogen-bond donors (Lipinski definition) is 0.